The fraction of sp³-hybridized carbons (Fsp3) is 0.300. The lowest BCUT2D eigenvalue weighted by Crippen LogP contribution is -2.40. The molecule has 1 N–H and O–H groups in total. The zero-order chi connectivity index (χ0) is 21.6. The third-order valence-electron chi connectivity index (χ3n) is 4.55. The summed E-state index contributed by atoms with van der Waals surface area (Å²) in [6.07, 6.45) is 1.34. The lowest BCUT2D eigenvalue weighted by Gasteiger charge is -2.26. The van der Waals surface area contributed by atoms with Crippen molar-refractivity contribution >= 4 is 22.1 Å². The van der Waals surface area contributed by atoms with Gasteiger partial charge in [0.25, 0.3) is 0 Å². The second kappa shape index (κ2) is 9.88. The van der Waals surface area contributed by atoms with E-state index in [9.17, 15) is 22.0 Å². The van der Waals surface area contributed by atoms with Crippen molar-refractivity contribution in [2.75, 3.05) is 26.3 Å². The van der Waals surface area contributed by atoms with Gasteiger partial charge in [-0.15, -0.1) is 0 Å². The Kier molecular flexibility index (Phi) is 7.24. The van der Waals surface area contributed by atoms with Crippen LogP contribution in [-0.2, 0) is 26.0 Å². The molecular weight excluding hydrogens is 416 g/mol. The number of nitrogens with one attached hydrogen (secondary N) is 1. The van der Waals surface area contributed by atoms with Gasteiger partial charge in [-0.2, -0.15) is 9.41 Å². The minimum absolute atomic E-state index is 0.0760. The molecule has 1 heterocycles. The normalized spacial score (nSPS) is 15.4. The van der Waals surface area contributed by atoms with Crippen LogP contribution in [0.15, 0.2) is 52.5 Å². The van der Waals surface area contributed by atoms with Gasteiger partial charge in [0.15, 0.2) is 0 Å². The highest BCUT2D eigenvalue weighted by atomic mass is 32.2. The molecule has 0 aromatic heterocycles. The van der Waals surface area contributed by atoms with Gasteiger partial charge in [0, 0.05) is 19.5 Å². The van der Waals surface area contributed by atoms with E-state index < -0.39 is 27.6 Å². The third-order valence-corrected chi connectivity index (χ3v) is 6.47. The predicted molar refractivity (Wildman–Crippen MR) is 106 cm³/mol. The lowest BCUT2D eigenvalue weighted by atomic mass is 10.1. The van der Waals surface area contributed by atoms with Gasteiger partial charge in [-0.25, -0.2) is 22.6 Å². The molecule has 0 radical (unpaired) electrons. The molecule has 0 spiro atoms. The summed E-state index contributed by atoms with van der Waals surface area (Å²) in [7, 11) is -3.56. The first-order chi connectivity index (χ1) is 14.4. The van der Waals surface area contributed by atoms with Gasteiger partial charge in [0.2, 0.25) is 15.9 Å². The molecule has 2 aromatic carbocycles. The van der Waals surface area contributed by atoms with Crippen LogP contribution < -0.4 is 5.43 Å². The van der Waals surface area contributed by atoms with Gasteiger partial charge in [0.05, 0.1) is 29.9 Å². The quantitative estimate of drug-likeness (QED) is 0.531. The molecule has 10 heteroatoms. The number of sulfonamides is 1. The van der Waals surface area contributed by atoms with Crippen molar-refractivity contribution in [3.8, 4) is 0 Å². The first-order valence-corrected chi connectivity index (χ1v) is 10.7. The van der Waals surface area contributed by atoms with Crippen molar-refractivity contribution in [1.82, 2.24) is 9.73 Å². The third kappa shape index (κ3) is 5.47. The van der Waals surface area contributed by atoms with Crippen molar-refractivity contribution < 1.29 is 26.7 Å². The molecule has 0 saturated carbocycles. The van der Waals surface area contributed by atoms with E-state index in [0.717, 1.165) is 23.9 Å². The van der Waals surface area contributed by atoms with Crippen LogP contribution >= 0.6 is 0 Å². The number of rotatable bonds is 7. The van der Waals surface area contributed by atoms with Crippen molar-refractivity contribution in [3.05, 3.63) is 65.2 Å². The topological polar surface area (TPSA) is 88.1 Å². The molecular formula is C20H21F2N3O4S. The predicted octanol–water partition coefficient (Wildman–Crippen LogP) is 2.07. The Morgan fingerprint density at radius 2 is 1.73 bits per heavy atom. The Balaban J connectivity index is 1.52. The largest absolute Gasteiger partial charge is 0.379 e. The van der Waals surface area contributed by atoms with E-state index in [-0.39, 0.29) is 16.9 Å². The average Bonchev–Trinajstić information content (AvgIpc) is 2.75. The summed E-state index contributed by atoms with van der Waals surface area (Å²) in [6.45, 7) is 1.39. The molecule has 2 aromatic rings. The number of carbonyl (C=O) groups is 1. The fourth-order valence-electron chi connectivity index (χ4n) is 2.88. The van der Waals surface area contributed by atoms with Crippen molar-refractivity contribution in [2.45, 2.75) is 17.7 Å². The zero-order valence-corrected chi connectivity index (χ0v) is 16.9. The van der Waals surface area contributed by atoms with Gasteiger partial charge in [0.1, 0.15) is 11.6 Å². The Labute approximate surface area is 173 Å². The number of halogens is 2. The molecule has 1 aliphatic heterocycles. The molecule has 1 fully saturated rings. The summed E-state index contributed by atoms with van der Waals surface area (Å²) in [5.41, 5.74) is 2.65. The number of hydrogen-bond acceptors (Lipinski definition) is 5. The molecule has 1 amide bonds. The minimum atomic E-state index is -3.56. The number of aryl methyl sites for hydroxylation is 1. The monoisotopic (exact) mass is 437 g/mol. The van der Waals surface area contributed by atoms with E-state index in [0.29, 0.717) is 32.7 Å². The van der Waals surface area contributed by atoms with E-state index >= 15 is 0 Å². The van der Waals surface area contributed by atoms with Crippen molar-refractivity contribution in [1.29, 1.82) is 0 Å². The molecule has 0 unspecified atom stereocenters. The number of amides is 1. The Hall–Kier alpha value is -2.69. The highest BCUT2D eigenvalue weighted by Gasteiger charge is 2.26. The van der Waals surface area contributed by atoms with E-state index in [1.54, 1.807) is 12.1 Å². The number of nitrogens with zero attached hydrogens (tertiary/aromatic N) is 2. The molecule has 160 valence electrons. The number of carbonyl (C=O) groups excluding carboxylic acids is 1. The maximum Gasteiger partial charge on any atom is 0.243 e. The van der Waals surface area contributed by atoms with Crippen molar-refractivity contribution in [3.63, 3.8) is 0 Å². The molecule has 7 nitrogen and oxygen atoms in total. The second-order valence-corrected chi connectivity index (χ2v) is 8.53. The molecule has 3 rings (SSSR count). The van der Waals surface area contributed by atoms with Crippen LogP contribution in [-0.4, -0.2) is 51.1 Å². The molecule has 1 saturated heterocycles. The number of hydrazone groups is 1. The van der Waals surface area contributed by atoms with E-state index in [2.05, 4.69) is 10.5 Å². The summed E-state index contributed by atoms with van der Waals surface area (Å²) in [5.74, 6) is -1.99. The van der Waals surface area contributed by atoms with E-state index in [1.807, 2.05) is 0 Å². The number of ether oxygens (including phenoxy) is 1. The van der Waals surface area contributed by atoms with Gasteiger partial charge in [-0.05, 0) is 36.2 Å². The zero-order valence-electron chi connectivity index (χ0n) is 16.1. The summed E-state index contributed by atoms with van der Waals surface area (Å²) >= 11 is 0. The smallest absolute Gasteiger partial charge is 0.243 e. The number of morpholine rings is 1. The van der Waals surface area contributed by atoms with Crippen LogP contribution in [0.1, 0.15) is 17.5 Å². The maximum absolute atomic E-state index is 13.5. The number of benzene rings is 2. The summed E-state index contributed by atoms with van der Waals surface area (Å²) in [6, 6.07) is 9.74. The highest BCUT2D eigenvalue weighted by Crippen LogP contribution is 2.18. The Morgan fingerprint density at radius 3 is 2.37 bits per heavy atom. The Morgan fingerprint density at radius 1 is 1.10 bits per heavy atom. The van der Waals surface area contributed by atoms with Crippen LogP contribution in [0.2, 0.25) is 0 Å². The summed E-state index contributed by atoms with van der Waals surface area (Å²) < 4.78 is 58.7. The van der Waals surface area contributed by atoms with E-state index in [4.69, 9.17) is 4.74 Å². The molecule has 1 aliphatic rings. The summed E-state index contributed by atoms with van der Waals surface area (Å²) in [5, 5.41) is 3.57. The van der Waals surface area contributed by atoms with Gasteiger partial charge >= 0.3 is 0 Å². The molecule has 0 bridgehead atoms. The van der Waals surface area contributed by atoms with Gasteiger partial charge in [-0.1, -0.05) is 18.2 Å². The fourth-order valence-corrected chi connectivity index (χ4v) is 4.29. The van der Waals surface area contributed by atoms with Gasteiger partial charge in [-0.3, -0.25) is 4.79 Å². The first-order valence-electron chi connectivity index (χ1n) is 9.30. The Bertz CT molecular complexity index is 1000. The van der Waals surface area contributed by atoms with Crippen LogP contribution in [0, 0.1) is 11.6 Å². The average molecular weight is 437 g/mol. The van der Waals surface area contributed by atoms with Crippen LogP contribution in [0.25, 0.3) is 0 Å². The lowest BCUT2D eigenvalue weighted by molar-refractivity contribution is -0.121. The van der Waals surface area contributed by atoms with Crippen LogP contribution in [0.4, 0.5) is 8.78 Å². The summed E-state index contributed by atoms with van der Waals surface area (Å²) in [4.78, 5) is 12.1. The van der Waals surface area contributed by atoms with E-state index in [1.165, 1.54) is 22.5 Å². The standard InChI is InChI=1S/C20H21F2N3O4S/c21-18-2-1-3-19(22)17(18)14-23-24-20(26)9-6-15-4-7-16(8-5-15)30(27,28)25-10-12-29-13-11-25/h1-5,7-8,14H,6,9-13H2,(H,24,26)/b23-14+. The molecule has 30 heavy (non-hydrogen) atoms. The van der Waals surface area contributed by atoms with Crippen LogP contribution in [0.3, 0.4) is 0 Å². The maximum atomic E-state index is 13.5. The minimum Gasteiger partial charge on any atom is -0.379 e. The molecule has 0 aliphatic carbocycles. The SMILES string of the molecule is O=C(CCc1ccc(S(=O)(=O)N2CCOCC2)cc1)N/N=C/c1c(F)cccc1F. The highest BCUT2D eigenvalue weighted by molar-refractivity contribution is 7.89. The second-order valence-electron chi connectivity index (χ2n) is 6.59. The molecule has 0 atom stereocenters. The first kappa shape index (κ1) is 22.0. The number of hydrogen-bond donors (Lipinski definition) is 1. The van der Waals surface area contributed by atoms with Gasteiger partial charge < -0.3 is 4.74 Å². The van der Waals surface area contributed by atoms with Crippen molar-refractivity contribution in [2.24, 2.45) is 5.10 Å². The van der Waals surface area contributed by atoms with Crippen LogP contribution in [0.5, 0.6) is 0 Å².